The van der Waals surface area contributed by atoms with E-state index in [1.54, 1.807) is 36.5 Å². The quantitative estimate of drug-likeness (QED) is 0.604. The molecule has 0 aliphatic carbocycles. The minimum absolute atomic E-state index is 0.178. The van der Waals surface area contributed by atoms with Gasteiger partial charge in [0.05, 0.1) is 11.9 Å². The van der Waals surface area contributed by atoms with Crippen LogP contribution in [0, 0.1) is 12.7 Å². The van der Waals surface area contributed by atoms with Gasteiger partial charge in [-0.15, -0.1) is 0 Å². The Morgan fingerprint density at radius 1 is 1.19 bits per heavy atom. The van der Waals surface area contributed by atoms with Crippen molar-refractivity contribution in [3.8, 4) is 11.3 Å². The average molecular weight is 363 g/mol. The van der Waals surface area contributed by atoms with Crippen LogP contribution in [-0.4, -0.2) is 37.4 Å². The molecule has 1 N–H and O–H groups in total. The summed E-state index contributed by atoms with van der Waals surface area (Å²) in [7, 11) is 1.72. The number of carbonyl (C=O) groups is 1. The number of fused-ring (bicyclic) bond motifs is 1. The van der Waals surface area contributed by atoms with Crippen LogP contribution in [0.1, 0.15) is 21.6 Å². The summed E-state index contributed by atoms with van der Waals surface area (Å²) in [5, 5.41) is 7.00. The van der Waals surface area contributed by atoms with E-state index >= 15 is 0 Å². The number of hydrogen-bond donors (Lipinski definition) is 1. The van der Waals surface area contributed by atoms with Gasteiger partial charge in [-0.3, -0.25) is 9.89 Å². The smallest absolute Gasteiger partial charge is 0.274 e. The highest BCUT2D eigenvalue weighted by Gasteiger charge is 2.18. The Hall–Kier alpha value is -3.48. The van der Waals surface area contributed by atoms with Crippen molar-refractivity contribution in [3.63, 3.8) is 0 Å². The number of amides is 1. The third-order valence-corrected chi connectivity index (χ3v) is 4.42. The van der Waals surface area contributed by atoms with E-state index in [0.717, 1.165) is 28.0 Å². The van der Waals surface area contributed by atoms with E-state index in [1.165, 1.54) is 12.1 Å². The molecule has 4 aromatic rings. The minimum atomic E-state index is -0.297. The molecular formula is C20H18FN5O. The van der Waals surface area contributed by atoms with Gasteiger partial charge in [0.1, 0.15) is 17.2 Å². The first-order valence-electron chi connectivity index (χ1n) is 8.50. The number of aromatic amines is 1. The van der Waals surface area contributed by atoms with Crippen LogP contribution in [0.5, 0.6) is 0 Å². The standard InChI is InChI=1S/C20H18FN5O/c1-13-3-8-18-23-17(12-26(18)10-13)20(27)25(2)11-15-9-22-24-19(15)14-4-6-16(21)7-5-14/h3-10,12H,11H2,1-2H3,(H,22,24). The van der Waals surface area contributed by atoms with Crippen molar-refractivity contribution in [2.24, 2.45) is 0 Å². The predicted molar refractivity (Wildman–Crippen MR) is 99.7 cm³/mol. The first kappa shape index (κ1) is 17.0. The molecule has 4 rings (SSSR count). The Labute approximate surface area is 155 Å². The van der Waals surface area contributed by atoms with Gasteiger partial charge in [-0.05, 0) is 42.8 Å². The molecule has 0 fully saturated rings. The number of H-pyrrole nitrogens is 1. The SMILES string of the molecule is Cc1ccc2nc(C(=O)N(C)Cc3cn[nH]c3-c3ccc(F)cc3)cn2c1. The molecule has 1 amide bonds. The van der Waals surface area contributed by atoms with Crippen LogP contribution in [-0.2, 0) is 6.54 Å². The van der Waals surface area contributed by atoms with Gasteiger partial charge in [0, 0.05) is 37.1 Å². The fourth-order valence-corrected chi connectivity index (χ4v) is 3.03. The predicted octanol–water partition coefficient (Wildman–Crippen LogP) is 3.44. The Morgan fingerprint density at radius 3 is 2.74 bits per heavy atom. The van der Waals surface area contributed by atoms with Crippen molar-refractivity contribution in [1.82, 2.24) is 24.5 Å². The molecule has 0 saturated heterocycles. The zero-order chi connectivity index (χ0) is 19.0. The lowest BCUT2D eigenvalue weighted by atomic mass is 10.1. The molecule has 0 radical (unpaired) electrons. The number of hydrogen-bond acceptors (Lipinski definition) is 3. The molecule has 0 unspecified atom stereocenters. The lowest BCUT2D eigenvalue weighted by Gasteiger charge is -2.16. The first-order chi connectivity index (χ1) is 13.0. The van der Waals surface area contributed by atoms with Crippen LogP contribution in [0.15, 0.2) is 55.0 Å². The van der Waals surface area contributed by atoms with Gasteiger partial charge in [-0.2, -0.15) is 5.10 Å². The maximum absolute atomic E-state index is 13.2. The monoisotopic (exact) mass is 363 g/mol. The molecule has 3 aromatic heterocycles. The number of rotatable bonds is 4. The molecule has 0 spiro atoms. The van der Waals surface area contributed by atoms with E-state index in [4.69, 9.17) is 0 Å². The van der Waals surface area contributed by atoms with Crippen molar-refractivity contribution in [1.29, 1.82) is 0 Å². The van der Waals surface area contributed by atoms with Gasteiger partial charge < -0.3 is 9.30 Å². The number of nitrogens with zero attached hydrogens (tertiary/aromatic N) is 4. The average Bonchev–Trinajstić information content (AvgIpc) is 3.28. The van der Waals surface area contributed by atoms with Gasteiger partial charge in [-0.25, -0.2) is 9.37 Å². The summed E-state index contributed by atoms with van der Waals surface area (Å²) in [5.74, 6) is -0.475. The lowest BCUT2D eigenvalue weighted by molar-refractivity contribution is 0.0780. The molecule has 3 heterocycles. The van der Waals surface area contributed by atoms with Gasteiger partial charge in [0.2, 0.25) is 0 Å². The van der Waals surface area contributed by atoms with Crippen LogP contribution in [0.3, 0.4) is 0 Å². The van der Waals surface area contributed by atoms with E-state index in [2.05, 4.69) is 15.2 Å². The third kappa shape index (κ3) is 3.31. The van der Waals surface area contributed by atoms with Gasteiger partial charge in [-0.1, -0.05) is 6.07 Å². The summed E-state index contributed by atoms with van der Waals surface area (Å²) in [6, 6.07) is 9.99. The third-order valence-electron chi connectivity index (χ3n) is 4.42. The maximum Gasteiger partial charge on any atom is 0.274 e. The number of aromatic nitrogens is 4. The molecule has 7 heteroatoms. The highest BCUT2D eigenvalue weighted by Crippen LogP contribution is 2.22. The number of halogens is 1. The van der Waals surface area contributed by atoms with Crippen molar-refractivity contribution >= 4 is 11.6 Å². The second-order valence-corrected chi connectivity index (χ2v) is 6.54. The Morgan fingerprint density at radius 2 is 1.96 bits per heavy atom. The number of carbonyl (C=O) groups excluding carboxylic acids is 1. The molecule has 136 valence electrons. The number of aryl methyl sites for hydroxylation is 1. The van der Waals surface area contributed by atoms with Crippen molar-refractivity contribution in [2.75, 3.05) is 7.05 Å². The second-order valence-electron chi connectivity index (χ2n) is 6.54. The van der Waals surface area contributed by atoms with Gasteiger partial charge in [0.15, 0.2) is 0 Å². The van der Waals surface area contributed by atoms with Crippen molar-refractivity contribution in [2.45, 2.75) is 13.5 Å². The van der Waals surface area contributed by atoms with Crippen molar-refractivity contribution < 1.29 is 9.18 Å². The summed E-state index contributed by atoms with van der Waals surface area (Å²) >= 11 is 0. The van der Waals surface area contributed by atoms with E-state index in [1.807, 2.05) is 29.7 Å². The molecule has 27 heavy (non-hydrogen) atoms. The van der Waals surface area contributed by atoms with Crippen molar-refractivity contribution in [3.05, 3.63) is 77.6 Å². The topological polar surface area (TPSA) is 66.3 Å². The van der Waals surface area contributed by atoms with E-state index < -0.39 is 0 Å². The van der Waals surface area contributed by atoms with Crippen LogP contribution in [0.4, 0.5) is 4.39 Å². The fraction of sp³-hybridized carbons (Fsp3) is 0.150. The highest BCUT2D eigenvalue weighted by molar-refractivity contribution is 5.92. The molecule has 1 aromatic carbocycles. The highest BCUT2D eigenvalue weighted by atomic mass is 19.1. The summed E-state index contributed by atoms with van der Waals surface area (Å²) < 4.78 is 15.0. The van der Waals surface area contributed by atoms with Crippen LogP contribution >= 0.6 is 0 Å². The molecule has 0 saturated carbocycles. The number of imidazole rings is 1. The molecule has 0 aliphatic rings. The molecular weight excluding hydrogens is 345 g/mol. The minimum Gasteiger partial charge on any atom is -0.336 e. The molecule has 0 bridgehead atoms. The summed E-state index contributed by atoms with van der Waals surface area (Å²) in [4.78, 5) is 18.8. The zero-order valence-corrected chi connectivity index (χ0v) is 15.0. The van der Waals surface area contributed by atoms with Crippen LogP contribution in [0.25, 0.3) is 16.9 Å². The lowest BCUT2D eigenvalue weighted by Crippen LogP contribution is -2.26. The van der Waals surface area contributed by atoms with E-state index in [0.29, 0.717) is 12.2 Å². The second kappa shape index (κ2) is 6.68. The van der Waals surface area contributed by atoms with Crippen LogP contribution < -0.4 is 0 Å². The molecule has 0 aliphatic heterocycles. The summed E-state index contributed by atoms with van der Waals surface area (Å²) in [6.45, 7) is 2.35. The number of benzene rings is 1. The fourth-order valence-electron chi connectivity index (χ4n) is 3.03. The zero-order valence-electron chi connectivity index (χ0n) is 15.0. The maximum atomic E-state index is 13.2. The van der Waals surface area contributed by atoms with E-state index in [9.17, 15) is 9.18 Å². The summed E-state index contributed by atoms with van der Waals surface area (Å²) in [5.41, 5.74) is 4.63. The summed E-state index contributed by atoms with van der Waals surface area (Å²) in [6.07, 6.45) is 5.34. The van der Waals surface area contributed by atoms with Crippen LogP contribution in [0.2, 0.25) is 0 Å². The normalized spacial score (nSPS) is 11.1. The largest absolute Gasteiger partial charge is 0.336 e. The van der Waals surface area contributed by atoms with Gasteiger partial charge >= 0.3 is 0 Å². The number of nitrogens with one attached hydrogen (secondary N) is 1. The number of pyridine rings is 1. The molecule has 6 nitrogen and oxygen atoms in total. The molecule has 0 atom stereocenters. The first-order valence-corrected chi connectivity index (χ1v) is 8.50. The van der Waals surface area contributed by atoms with Gasteiger partial charge in [0.25, 0.3) is 5.91 Å². The Kier molecular flexibility index (Phi) is 4.19. The Balaban J connectivity index is 1.57. The Bertz CT molecular complexity index is 1110. The van der Waals surface area contributed by atoms with E-state index in [-0.39, 0.29) is 11.7 Å².